The van der Waals surface area contributed by atoms with Gasteiger partial charge in [0.25, 0.3) is 11.8 Å². The first-order valence-corrected chi connectivity index (χ1v) is 14.9. The van der Waals surface area contributed by atoms with Gasteiger partial charge in [-0.05, 0) is 105 Å². The maximum atomic E-state index is 13.0. The first-order chi connectivity index (χ1) is 19.3. The Morgan fingerprint density at radius 3 is 2.34 bits per heavy atom. The molecule has 3 amide bonds. The summed E-state index contributed by atoms with van der Waals surface area (Å²) in [5.41, 5.74) is 7.27. The highest BCUT2D eigenvalue weighted by atomic mass is 32.2. The van der Waals surface area contributed by atoms with Gasteiger partial charge in [-0.2, -0.15) is 13.2 Å². The second kappa shape index (κ2) is 13.0. The summed E-state index contributed by atoms with van der Waals surface area (Å²) in [6, 6.07) is 3.56. The maximum absolute atomic E-state index is 13.0. The van der Waals surface area contributed by atoms with Crippen LogP contribution in [0.15, 0.2) is 22.5 Å². The van der Waals surface area contributed by atoms with E-state index >= 15 is 0 Å². The number of carbonyl (C=O) groups excluding carboxylic acids is 3. The molecule has 41 heavy (non-hydrogen) atoms. The zero-order valence-electron chi connectivity index (χ0n) is 23.7. The zero-order valence-corrected chi connectivity index (χ0v) is 24.5. The van der Waals surface area contributed by atoms with Gasteiger partial charge in [-0.1, -0.05) is 11.9 Å². The quantitative estimate of drug-likeness (QED) is 0.297. The number of halogens is 3. The fourth-order valence-corrected chi connectivity index (χ4v) is 6.66. The molecule has 1 aromatic rings. The van der Waals surface area contributed by atoms with Crippen LogP contribution in [-0.4, -0.2) is 52.7 Å². The average molecular weight is 594 g/mol. The van der Waals surface area contributed by atoms with E-state index in [1.807, 2.05) is 25.3 Å². The van der Waals surface area contributed by atoms with Crippen LogP contribution in [0, 0.1) is 25.7 Å². The molecule has 1 saturated heterocycles. The van der Waals surface area contributed by atoms with Crippen LogP contribution in [-0.2, 0) is 9.59 Å². The second-order valence-corrected chi connectivity index (χ2v) is 12.3. The van der Waals surface area contributed by atoms with Crippen LogP contribution in [0.3, 0.4) is 0 Å². The van der Waals surface area contributed by atoms with Crippen LogP contribution in [0.25, 0.3) is 6.08 Å². The number of rotatable bonds is 7. The van der Waals surface area contributed by atoms with Crippen molar-refractivity contribution < 1.29 is 27.6 Å². The molecule has 1 aromatic carbocycles. The molecule has 12 heteroatoms. The number of amidine groups is 1. The highest BCUT2D eigenvalue weighted by molar-refractivity contribution is 8.00. The van der Waals surface area contributed by atoms with E-state index in [0.717, 1.165) is 48.2 Å². The van der Waals surface area contributed by atoms with Crippen molar-refractivity contribution in [3.8, 4) is 0 Å². The van der Waals surface area contributed by atoms with Crippen molar-refractivity contribution in [3.63, 3.8) is 0 Å². The summed E-state index contributed by atoms with van der Waals surface area (Å²) in [5, 5.41) is 5.02. The van der Waals surface area contributed by atoms with Gasteiger partial charge in [0.05, 0.1) is 0 Å². The summed E-state index contributed by atoms with van der Waals surface area (Å²) in [5.74, 6) is 0.147. The number of carbonyl (C=O) groups is 3. The number of hydrogen-bond acceptors (Lipinski definition) is 6. The number of nitrogens with zero attached hydrogens (tertiary/aromatic N) is 2. The Balaban J connectivity index is 1.27. The number of hydrazine groups is 1. The third-order valence-electron chi connectivity index (χ3n) is 8.27. The van der Waals surface area contributed by atoms with Crippen molar-refractivity contribution in [1.29, 1.82) is 0 Å². The van der Waals surface area contributed by atoms with Gasteiger partial charge in [0.1, 0.15) is 11.4 Å². The van der Waals surface area contributed by atoms with Crippen LogP contribution in [0.4, 0.5) is 13.2 Å². The molecule has 8 nitrogen and oxygen atoms in total. The smallest absolute Gasteiger partial charge is 0.312 e. The molecule has 0 aromatic heterocycles. The minimum atomic E-state index is -4.10. The topological polar surface area (TPSA) is 103 Å². The Labute approximate surface area is 243 Å². The van der Waals surface area contributed by atoms with Crippen molar-refractivity contribution in [2.75, 3.05) is 13.1 Å². The first kappa shape index (κ1) is 31.1. The lowest BCUT2D eigenvalue weighted by atomic mass is 9.79. The van der Waals surface area contributed by atoms with Crippen molar-refractivity contribution in [2.24, 2.45) is 16.8 Å². The number of aryl methyl sites for hydroxylation is 2. The van der Waals surface area contributed by atoms with Crippen molar-refractivity contribution in [3.05, 3.63) is 39.8 Å². The number of aliphatic imine (C=N–C) groups is 1. The molecule has 1 saturated carbocycles. The standard InChI is InChI=1S/C29H38F3N5O3S/c1-18-16-23(26(39)36-35-20(3)38)17-19(2)24(18)9-15-41-37-13-11-28(12-14-37)27(40)33-25(34-28)22-6-4-21(5-7-22)8-10-29(30,31)32/h9,15-17,21-22H,4-8,10-14H2,1-3H3,(H,35,38)(H,36,39)(H,33,34,40)/b15-9+. The Bertz CT molecular complexity index is 1190. The molecule has 0 atom stereocenters. The van der Waals surface area contributed by atoms with E-state index in [2.05, 4.69) is 20.5 Å². The molecule has 0 unspecified atom stereocenters. The van der Waals surface area contributed by atoms with Crippen LogP contribution >= 0.6 is 11.9 Å². The number of benzene rings is 1. The highest BCUT2D eigenvalue weighted by Crippen LogP contribution is 2.38. The fourth-order valence-electron chi connectivity index (χ4n) is 5.90. The third kappa shape index (κ3) is 8.12. The van der Waals surface area contributed by atoms with Crippen molar-refractivity contribution in [2.45, 2.75) is 83.9 Å². The van der Waals surface area contributed by atoms with E-state index in [9.17, 15) is 27.6 Å². The number of piperidine rings is 1. The molecule has 3 aliphatic rings. The SMILES string of the molecule is CC(=O)NNC(=O)c1cc(C)c(/C=C/SN2CCC3(CC2)N=C(C2CCC(CCC(F)(F)F)CC2)NC3=O)c(C)c1. The average Bonchev–Trinajstić information content (AvgIpc) is 3.23. The van der Waals surface area contributed by atoms with Gasteiger partial charge >= 0.3 is 6.18 Å². The molecule has 2 fully saturated rings. The monoisotopic (exact) mass is 593 g/mol. The molecular formula is C29H38F3N5O3S. The molecule has 0 bridgehead atoms. The number of amides is 3. The maximum Gasteiger partial charge on any atom is 0.389 e. The summed E-state index contributed by atoms with van der Waals surface area (Å²) < 4.78 is 39.9. The zero-order chi connectivity index (χ0) is 29.8. The van der Waals surface area contributed by atoms with Crippen LogP contribution in [0.5, 0.6) is 0 Å². The number of hydrogen-bond donors (Lipinski definition) is 3. The molecule has 3 N–H and O–H groups in total. The normalized spacial score (nSPS) is 23.0. The Kier molecular flexibility index (Phi) is 9.84. The number of nitrogens with one attached hydrogen (secondary N) is 3. The Morgan fingerprint density at radius 1 is 1.12 bits per heavy atom. The van der Waals surface area contributed by atoms with Gasteiger partial charge in [0.2, 0.25) is 5.91 Å². The van der Waals surface area contributed by atoms with Crippen molar-refractivity contribution >= 4 is 41.6 Å². The van der Waals surface area contributed by atoms with Gasteiger partial charge in [-0.15, -0.1) is 0 Å². The highest BCUT2D eigenvalue weighted by Gasteiger charge is 2.47. The molecule has 0 radical (unpaired) electrons. The lowest BCUT2D eigenvalue weighted by molar-refractivity contribution is -0.138. The van der Waals surface area contributed by atoms with Gasteiger partial charge in [0.15, 0.2) is 0 Å². The molecule has 2 heterocycles. The molecule has 224 valence electrons. The molecule has 1 aliphatic carbocycles. The minimum Gasteiger partial charge on any atom is -0.312 e. The second-order valence-electron chi connectivity index (χ2n) is 11.4. The summed E-state index contributed by atoms with van der Waals surface area (Å²) in [4.78, 5) is 41.2. The van der Waals surface area contributed by atoms with Crippen LogP contribution in [0.2, 0.25) is 0 Å². The summed E-state index contributed by atoms with van der Waals surface area (Å²) >= 11 is 1.58. The summed E-state index contributed by atoms with van der Waals surface area (Å²) in [6.45, 7) is 6.58. The van der Waals surface area contributed by atoms with Gasteiger partial charge in [-0.3, -0.25) is 30.2 Å². The molecule has 4 rings (SSSR count). The lowest BCUT2D eigenvalue weighted by Crippen LogP contribution is -2.47. The lowest BCUT2D eigenvalue weighted by Gasteiger charge is -2.34. The van der Waals surface area contributed by atoms with E-state index < -0.39 is 18.1 Å². The Hall–Kier alpha value is -2.86. The number of alkyl halides is 3. The largest absolute Gasteiger partial charge is 0.389 e. The fraction of sp³-hybridized carbons (Fsp3) is 0.586. The van der Waals surface area contributed by atoms with E-state index in [0.29, 0.717) is 31.5 Å². The minimum absolute atomic E-state index is 0.0548. The molecular weight excluding hydrogens is 555 g/mol. The first-order valence-electron chi connectivity index (χ1n) is 14.1. The third-order valence-corrected chi connectivity index (χ3v) is 9.19. The van der Waals surface area contributed by atoms with Crippen LogP contribution in [0.1, 0.15) is 85.3 Å². The van der Waals surface area contributed by atoms with E-state index in [4.69, 9.17) is 4.99 Å². The van der Waals surface area contributed by atoms with Crippen LogP contribution < -0.4 is 16.2 Å². The Morgan fingerprint density at radius 2 is 1.76 bits per heavy atom. The molecule has 1 spiro atoms. The summed E-state index contributed by atoms with van der Waals surface area (Å²) in [7, 11) is 0. The van der Waals surface area contributed by atoms with E-state index in [1.54, 1.807) is 24.1 Å². The van der Waals surface area contributed by atoms with E-state index in [1.165, 1.54) is 6.92 Å². The molecule has 2 aliphatic heterocycles. The van der Waals surface area contributed by atoms with Crippen molar-refractivity contribution in [1.82, 2.24) is 20.5 Å². The predicted octanol–water partition coefficient (Wildman–Crippen LogP) is 5.22. The van der Waals surface area contributed by atoms with Gasteiger partial charge < -0.3 is 5.32 Å². The van der Waals surface area contributed by atoms with Gasteiger partial charge in [0, 0.05) is 37.9 Å². The van der Waals surface area contributed by atoms with Gasteiger partial charge in [-0.25, -0.2) is 4.31 Å². The predicted molar refractivity (Wildman–Crippen MR) is 154 cm³/mol. The van der Waals surface area contributed by atoms with E-state index in [-0.39, 0.29) is 36.0 Å². The summed E-state index contributed by atoms with van der Waals surface area (Å²) in [6.07, 6.45) is 1.61.